The molecular weight excluding hydrogens is 259 g/mol. The number of benzene rings is 1. The molecule has 0 saturated carbocycles. The second-order valence-corrected chi connectivity index (χ2v) is 3.80. The second kappa shape index (κ2) is 6.26. The van der Waals surface area contributed by atoms with E-state index in [1.54, 1.807) is 12.1 Å². The van der Waals surface area contributed by atoms with Gasteiger partial charge in [0.1, 0.15) is 5.70 Å². The van der Waals surface area contributed by atoms with Gasteiger partial charge in [0.15, 0.2) is 0 Å². The third-order valence-corrected chi connectivity index (χ3v) is 2.18. The molecule has 0 fully saturated rings. The molecule has 0 amide bonds. The fourth-order valence-corrected chi connectivity index (χ4v) is 1.28. The first-order valence-corrected chi connectivity index (χ1v) is 5.62. The Morgan fingerprint density at radius 1 is 1.32 bits per heavy atom. The first-order valence-electron chi connectivity index (χ1n) is 5.62. The number of aryl methyl sites for hydroxylation is 1. The molecule has 0 aliphatic carbocycles. The van der Waals surface area contributed by atoms with Gasteiger partial charge in [0.05, 0.1) is 12.7 Å². The van der Waals surface area contributed by atoms with Crippen molar-refractivity contribution in [3.8, 4) is 0 Å². The van der Waals surface area contributed by atoms with Crippen LogP contribution in [0.25, 0.3) is 0 Å². The highest BCUT2D eigenvalue weighted by Crippen LogP contribution is 2.27. The van der Waals surface area contributed by atoms with Gasteiger partial charge in [0.2, 0.25) is 0 Å². The molecule has 0 aliphatic rings. The van der Waals surface area contributed by atoms with Gasteiger partial charge < -0.3 is 10.1 Å². The highest BCUT2D eigenvalue weighted by molar-refractivity contribution is 5.83. The van der Waals surface area contributed by atoms with E-state index < -0.39 is 17.8 Å². The van der Waals surface area contributed by atoms with Crippen LogP contribution in [0.2, 0.25) is 0 Å². The zero-order chi connectivity index (χ0) is 14.5. The Bertz CT molecular complexity index is 464. The number of carbonyl (C=O) groups excluding carboxylic acids is 1. The molecule has 1 aromatic carbocycles. The molecule has 0 saturated heterocycles. The number of alkyl halides is 3. The Morgan fingerprint density at radius 3 is 2.37 bits per heavy atom. The van der Waals surface area contributed by atoms with E-state index in [4.69, 9.17) is 0 Å². The zero-order valence-corrected chi connectivity index (χ0v) is 10.5. The summed E-state index contributed by atoms with van der Waals surface area (Å²) in [7, 11) is 0. The summed E-state index contributed by atoms with van der Waals surface area (Å²) >= 11 is 0. The number of hydrogen-bond donors (Lipinski definition) is 1. The van der Waals surface area contributed by atoms with Crippen molar-refractivity contribution >= 4 is 11.7 Å². The summed E-state index contributed by atoms with van der Waals surface area (Å²) in [5.74, 6) is -1.03. The van der Waals surface area contributed by atoms with Crippen molar-refractivity contribution in [2.45, 2.75) is 20.0 Å². The van der Waals surface area contributed by atoms with Crippen molar-refractivity contribution in [2.75, 3.05) is 11.9 Å². The lowest BCUT2D eigenvalue weighted by atomic mass is 10.2. The smallest absolute Gasteiger partial charge is 0.431 e. The number of carbonyl (C=O) groups is 1. The number of ether oxygens (including phenoxy) is 1. The number of halogens is 3. The molecular formula is C13H14F3NO2. The molecule has 0 radical (unpaired) electrons. The number of esters is 1. The molecule has 104 valence electrons. The standard InChI is InChI=1S/C13H14F3NO2/c1-3-19-12(18)8-11(13(14,15)16)17-10-6-4-9(2)5-7-10/h4-8,17H,3H2,1-2H3/b11-8-. The van der Waals surface area contributed by atoms with E-state index in [9.17, 15) is 18.0 Å². The van der Waals surface area contributed by atoms with Crippen LogP contribution in [-0.2, 0) is 9.53 Å². The van der Waals surface area contributed by atoms with Crippen molar-refractivity contribution in [1.82, 2.24) is 0 Å². The van der Waals surface area contributed by atoms with Gasteiger partial charge in [-0.3, -0.25) is 0 Å². The van der Waals surface area contributed by atoms with Crippen molar-refractivity contribution in [2.24, 2.45) is 0 Å². The molecule has 1 rings (SSSR count). The maximum absolute atomic E-state index is 12.7. The maximum Gasteiger partial charge on any atom is 0.431 e. The van der Waals surface area contributed by atoms with Gasteiger partial charge >= 0.3 is 12.1 Å². The monoisotopic (exact) mass is 273 g/mol. The molecule has 0 bridgehead atoms. The number of nitrogens with one attached hydrogen (secondary N) is 1. The van der Waals surface area contributed by atoms with Crippen LogP contribution in [0, 0.1) is 6.92 Å². The fraction of sp³-hybridized carbons (Fsp3) is 0.308. The lowest BCUT2D eigenvalue weighted by Gasteiger charge is -2.14. The summed E-state index contributed by atoms with van der Waals surface area (Å²) in [5, 5.41) is 2.17. The van der Waals surface area contributed by atoms with Crippen LogP contribution in [0.5, 0.6) is 0 Å². The highest BCUT2D eigenvalue weighted by Gasteiger charge is 2.34. The number of rotatable bonds is 4. The Balaban J connectivity index is 2.93. The van der Waals surface area contributed by atoms with Crippen LogP contribution < -0.4 is 5.32 Å². The van der Waals surface area contributed by atoms with Gasteiger partial charge in [-0.05, 0) is 26.0 Å². The van der Waals surface area contributed by atoms with E-state index in [0.29, 0.717) is 6.08 Å². The predicted octanol–water partition coefficient (Wildman–Crippen LogP) is 3.42. The molecule has 0 atom stereocenters. The molecule has 0 aromatic heterocycles. The molecule has 3 nitrogen and oxygen atoms in total. The Morgan fingerprint density at radius 2 is 1.89 bits per heavy atom. The predicted molar refractivity (Wildman–Crippen MR) is 65.6 cm³/mol. The van der Waals surface area contributed by atoms with Crippen LogP contribution in [0.15, 0.2) is 36.0 Å². The van der Waals surface area contributed by atoms with E-state index in [1.165, 1.54) is 19.1 Å². The Labute approximate surface area is 109 Å². The van der Waals surface area contributed by atoms with Crippen molar-refractivity contribution in [1.29, 1.82) is 0 Å². The highest BCUT2D eigenvalue weighted by atomic mass is 19.4. The largest absolute Gasteiger partial charge is 0.463 e. The van der Waals surface area contributed by atoms with Crippen LogP contribution in [0.3, 0.4) is 0 Å². The lowest BCUT2D eigenvalue weighted by Crippen LogP contribution is -2.21. The van der Waals surface area contributed by atoms with Gasteiger partial charge in [-0.2, -0.15) is 13.2 Å². The molecule has 1 aromatic rings. The molecule has 0 aliphatic heterocycles. The first kappa shape index (κ1) is 15.1. The number of allylic oxidation sites excluding steroid dienone is 1. The number of hydrogen-bond acceptors (Lipinski definition) is 3. The van der Waals surface area contributed by atoms with E-state index >= 15 is 0 Å². The summed E-state index contributed by atoms with van der Waals surface area (Å²) in [6.45, 7) is 3.36. The average Bonchev–Trinajstić information content (AvgIpc) is 2.30. The van der Waals surface area contributed by atoms with E-state index in [-0.39, 0.29) is 12.3 Å². The third kappa shape index (κ3) is 5.03. The van der Waals surface area contributed by atoms with E-state index in [1.807, 2.05) is 6.92 Å². The third-order valence-electron chi connectivity index (χ3n) is 2.18. The maximum atomic E-state index is 12.7. The first-order chi connectivity index (χ1) is 8.82. The minimum absolute atomic E-state index is 0.0189. The van der Waals surface area contributed by atoms with Crippen LogP contribution in [-0.4, -0.2) is 18.8 Å². The Kier molecular flexibility index (Phi) is 4.97. The van der Waals surface area contributed by atoms with Crippen LogP contribution in [0.1, 0.15) is 12.5 Å². The average molecular weight is 273 g/mol. The summed E-state index contributed by atoms with van der Waals surface area (Å²) < 4.78 is 42.7. The van der Waals surface area contributed by atoms with E-state index in [2.05, 4.69) is 10.1 Å². The molecule has 6 heteroatoms. The van der Waals surface area contributed by atoms with Gasteiger partial charge in [0.25, 0.3) is 0 Å². The lowest BCUT2D eigenvalue weighted by molar-refractivity contribution is -0.138. The summed E-state index contributed by atoms with van der Waals surface area (Å²) in [5.41, 5.74) is 0.0155. The van der Waals surface area contributed by atoms with Crippen LogP contribution >= 0.6 is 0 Å². The van der Waals surface area contributed by atoms with Gasteiger partial charge in [-0.25, -0.2) is 4.79 Å². The topological polar surface area (TPSA) is 38.3 Å². The summed E-state index contributed by atoms with van der Waals surface area (Å²) in [6.07, 6.45) is -4.25. The van der Waals surface area contributed by atoms with Crippen molar-refractivity contribution < 1.29 is 22.7 Å². The second-order valence-electron chi connectivity index (χ2n) is 3.80. The van der Waals surface area contributed by atoms with Crippen molar-refractivity contribution in [3.05, 3.63) is 41.6 Å². The quantitative estimate of drug-likeness (QED) is 0.674. The molecule has 0 heterocycles. The zero-order valence-electron chi connectivity index (χ0n) is 10.5. The fourth-order valence-electron chi connectivity index (χ4n) is 1.28. The Hall–Kier alpha value is -1.98. The van der Waals surface area contributed by atoms with Crippen molar-refractivity contribution in [3.63, 3.8) is 0 Å². The van der Waals surface area contributed by atoms with Gasteiger partial charge in [-0.1, -0.05) is 17.7 Å². The van der Waals surface area contributed by atoms with Gasteiger partial charge in [-0.15, -0.1) is 0 Å². The molecule has 0 spiro atoms. The summed E-state index contributed by atoms with van der Waals surface area (Å²) in [4.78, 5) is 11.1. The SMILES string of the molecule is CCOC(=O)/C=C(\Nc1ccc(C)cc1)C(F)(F)F. The molecule has 19 heavy (non-hydrogen) atoms. The minimum Gasteiger partial charge on any atom is -0.463 e. The normalized spacial score (nSPS) is 12.2. The molecule has 0 unspecified atom stereocenters. The molecule has 1 N–H and O–H groups in total. The summed E-state index contributed by atoms with van der Waals surface area (Å²) in [6, 6.07) is 6.33. The van der Waals surface area contributed by atoms with Crippen LogP contribution in [0.4, 0.5) is 18.9 Å². The minimum atomic E-state index is -4.66. The number of anilines is 1. The van der Waals surface area contributed by atoms with Gasteiger partial charge in [0, 0.05) is 5.69 Å². The van der Waals surface area contributed by atoms with E-state index in [0.717, 1.165) is 5.56 Å².